The molecule has 0 saturated carbocycles. The van der Waals surface area contributed by atoms with Crippen molar-refractivity contribution >= 4 is 20.9 Å². The van der Waals surface area contributed by atoms with Crippen molar-refractivity contribution in [2.45, 2.75) is 17.9 Å². The van der Waals surface area contributed by atoms with E-state index < -0.39 is 16.1 Å². The molecule has 1 aromatic carbocycles. The van der Waals surface area contributed by atoms with Crippen molar-refractivity contribution in [2.24, 2.45) is 0 Å². The molecule has 0 spiro atoms. The van der Waals surface area contributed by atoms with Crippen LogP contribution in [0.5, 0.6) is 0 Å². The number of benzene rings is 1. The van der Waals surface area contributed by atoms with Gasteiger partial charge in [-0.2, -0.15) is 0 Å². The number of fused-ring (bicyclic) bond motifs is 1. The molecule has 0 fully saturated rings. The molecule has 7 heteroatoms. The van der Waals surface area contributed by atoms with Crippen molar-refractivity contribution < 1.29 is 18.3 Å². The molecular formula is C14H18N2O4S. The zero-order valence-electron chi connectivity index (χ0n) is 11.9. The fraction of sp³-hybridized carbons (Fsp3) is 0.357. The third-order valence-electron chi connectivity index (χ3n) is 2.97. The topological polar surface area (TPSA) is 88.5 Å². The highest BCUT2D eigenvalue weighted by Gasteiger charge is 2.19. The van der Waals surface area contributed by atoms with Crippen molar-refractivity contribution in [3.63, 3.8) is 0 Å². The maximum Gasteiger partial charge on any atom is 0.242 e. The largest absolute Gasteiger partial charge is 0.389 e. The van der Waals surface area contributed by atoms with Gasteiger partial charge in [0.25, 0.3) is 0 Å². The van der Waals surface area contributed by atoms with Crippen LogP contribution in [0.3, 0.4) is 0 Å². The molecule has 1 atom stereocenters. The van der Waals surface area contributed by atoms with Gasteiger partial charge in [-0.15, -0.1) is 0 Å². The minimum atomic E-state index is -3.74. The Hall–Kier alpha value is -1.54. The summed E-state index contributed by atoms with van der Waals surface area (Å²) in [5.74, 6) is 0. The van der Waals surface area contributed by atoms with E-state index in [1.54, 1.807) is 12.3 Å². The Morgan fingerprint density at radius 2 is 2.19 bits per heavy atom. The Morgan fingerprint density at radius 3 is 2.90 bits per heavy atom. The lowest BCUT2D eigenvalue weighted by Crippen LogP contribution is -2.34. The van der Waals surface area contributed by atoms with Crippen LogP contribution in [-0.4, -0.2) is 44.9 Å². The summed E-state index contributed by atoms with van der Waals surface area (Å²) in [5, 5.41) is 10.3. The van der Waals surface area contributed by atoms with Gasteiger partial charge in [0.2, 0.25) is 10.0 Å². The molecule has 0 saturated heterocycles. The number of aliphatic hydroxyl groups excluding tert-OH is 1. The van der Waals surface area contributed by atoms with Crippen molar-refractivity contribution in [1.82, 2.24) is 9.71 Å². The molecule has 0 aliphatic rings. The standard InChI is InChI=1S/C14H18N2O4S/c1-10-6-11-4-3-5-13(14(11)15-7-10)21(18,19)16-8-12(17)9-20-2/h3-7,12,16-17H,8-9H2,1-2H3. The van der Waals surface area contributed by atoms with E-state index in [1.807, 2.05) is 19.1 Å². The van der Waals surface area contributed by atoms with E-state index in [0.29, 0.717) is 5.52 Å². The number of hydrogen-bond acceptors (Lipinski definition) is 5. The van der Waals surface area contributed by atoms with Crippen LogP contribution >= 0.6 is 0 Å². The Kier molecular flexibility index (Phi) is 4.89. The monoisotopic (exact) mass is 310 g/mol. The molecule has 0 aliphatic heterocycles. The number of sulfonamides is 1. The van der Waals surface area contributed by atoms with Crippen LogP contribution in [-0.2, 0) is 14.8 Å². The number of nitrogens with one attached hydrogen (secondary N) is 1. The number of aromatic nitrogens is 1. The summed E-state index contributed by atoms with van der Waals surface area (Å²) < 4.78 is 31.8. The summed E-state index contributed by atoms with van der Waals surface area (Å²) in [7, 11) is -2.30. The highest BCUT2D eigenvalue weighted by atomic mass is 32.2. The van der Waals surface area contributed by atoms with E-state index in [-0.39, 0.29) is 18.0 Å². The van der Waals surface area contributed by atoms with E-state index in [9.17, 15) is 13.5 Å². The molecule has 1 unspecified atom stereocenters. The van der Waals surface area contributed by atoms with E-state index in [0.717, 1.165) is 10.9 Å². The fourth-order valence-corrected chi connectivity index (χ4v) is 3.24. The molecule has 2 aromatic rings. The summed E-state index contributed by atoms with van der Waals surface area (Å²) >= 11 is 0. The maximum atomic E-state index is 12.3. The molecule has 2 N–H and O–H groups in total. The summed E-state index contributed by atoms with van der Waals surface area (Å²) in [5.41, 5.74) is 1.37. The van der Waals surface area contributed by atoms with Crippen LogP contribution in [0.4, 0.5) is 0 Å². The Bertz CT molecular complexity index is 731. The predicted octanol–water partition coefficient (Wildman–Crippen LogP) is 0.829. The lowest BCUT2D eigenvalue weighted by molar-refractivity contribution is 0.0679. The normalized spacial score (nSPS) is 13.5. The first-order valence-corrected chi connectivity index (χ1v) is 7.94. The van der Waals surface area contributed by atoms with Crippen LogP contribution in [0.1, 0.15) is 5.56 Å². The number of hydrogen-bond donors (Lipinski definition) is 2. The molecule has 0 amide bonds. The number of methoxy groups -OCH3 is 1. The molecular weight excluding hydrogens is 292 g/mol. The average Bonchev–Trinajstić information content (AvgIpc) is 2.44. The van der Waals surface area contributed by atoms with Crippen LogP contribution in [0.15, 0.2) is 35.4 Å². The van der Waals surface area contributed by atoms with E-state index in [4.69, 9.17) is 4.74 Å². The van der Waals surface area contributed by atoms with Crippen LogP contribution < -0.4 is 4.72 Å². The number of aliphatic hydroxyl groups is 1. The third-order valence-corrected chi connectivity index (χ3v) is 4.42. The molecule has 6 nitrogen and oxygen atoms in total. The van der Waals surface area contributed by atoms with Gasteiger partial charge in [0.1, 0.15) is 4.90 Å². The van der Waals surface area contributed by atoms with Crippen molar-refractivity contribution in [3.8, 4) is 0 Å². The van der Waals surface area contributed by atoms with Gasteiger partial charge in [-0.25, -0.2) is 13.1 Å². The smallest absolute Gasteiger partial charge is 0.242 e. The first-order valence-electron chi connectivity index (χ1n) is 6.46. The number of aryl methyl sites for hydroxylation is 1. The highest BCUT2D eigenvalue weighted by molar-refractivity contribution is 7.89. The number of ether oxygens (including phenoxy) is 1. The summed E-state index contributed by atoms with van der Waals surface area (Å²) in [6, 6.07) is 6.86. The zero-order chi connectivity index (χ0) is 15.5. The first kappa shape index (κ1) is 15.8. The average molecular weight is 310 g/mol. The molecule has 1 heterocycles. The lowest BCUT2D eigenvalue weighted by atomic mass is 10.2. The molecule has 1 aromatic heterocycles. The second-order valence-corrected chi connectivity index (χ2v) is 6.54. The third kappa shape index (κ3) is 3.76. The number of nitrogens with zero attached hydrogens (tertiary/aromatic N) is 1. The summed E-state index contributed by atoms with van der Waals surface area (Å²) in [6.07, 6.45) is 0.733. The fourth-order valence-electron chi connectivity index (χ4n) is 1.99. The predicted molar refractivity (Wildman–Crippen MR) is 79.6 cm³/mol. The Balaban J connectivity index is 2.32. The van der Waals surface area contributed by atoms with Gasteiger partial charge in [-0.3, -0.25) is 4.98 Å². The van der Waals surface area contributed by atoms with Gasteiger partial charge in [-0.1, -0.05) is 12.1 Å². The van der Waals surface area contributed by atoms with Crippen LogP contribution in [0.25, 0.3) is 10.9 Å². The first-order chi connectivity index (χ1) is 9.94. The van der Waals surface area contributed by atoms with E-state index >= 15 is 0 Å². The molecule has 21 heavy (non-hydrogen) atoms. The quantitative estimate of drug-likeness (QED) is 0.825. The van der Waals surface area contributed by atoms with E-state index in [1.165, 1.54) is 13.2 Å². The SMILES string of the molecule is COCC(O)CNS(=O)(=O)c1cccc2cc(C)cnc12. The van der Waals surface area contributed by atoms with Gasteiger partial charge >= 0.3 is 0 Å². The van der Waals surface area contributed by atoms with Gasteiger partial charge in [0, 0.05) is 25.2 Å². The lowest BCUT2D eigenvalue weighted by Gasteiger charge is -2.12. The number of pyridine rings is 1. The van der Waals surface area contributed by atoms with Crippen LogP contribution in [0, 0.1) is 6.92 Å². The minimum absolute atomic E-state index is 0.0650. The maximum absolute atomic E-state index is 12.3. The zero-order valence-corrected chi connectivity index (χ0v) is 12.7. The number of para-hydroxylation sites is 1. The second kappa shape index (κ2) is 6.48. The van der Waals surface area contributed by atoms with Gasteiger partial charge < -0.3 is 9.84 Å². The van der Waals surface area contributed by atoms with Crippen LogP contribution in [0.2, 0.25) is 0 Å². The molecule has 2 rings (SSSR count). The summed E-state index contributed by atoms with van der Waals surface area (Å²) in [4.78, 5) is 4.31. The Morgan fingerprint density at radius 1 is 1.43 bits per heavy atom. The molecule has 0 radical (unpaired) electrons. The number of rotatable bonds is 6. The Labute approximate surface area is 123 Å². The minimum Gasteiger partial charge on any atom is -0.389 e. The van der Waals surface area contributed by atoms with Gasteiger partial charge in [0.15, 0.2) is 0 Å². The van der Waals surface area contributed by atoms with Crippen molar-refractivity contribution in [1.29, 1.82) is 0 Å². The van der Waals surface area contributed by atoms with E-state index in [2.05, 4.69) is 9.71 Å². The second-order valence-electron chi connectivity index (χ2n) is 4.80. The molecule has 0 aliphatic carbocycles. The summed E-state index contributed by atoms with van der Waals surface area (Å²) in [6.45, 7) is 1.85. The molecule has 0 bridgehead atoms. The van der Waals surface area contributed by atoms with Crippen molar-refractivity contribution in [3.05, 3.63) is 36.0 Å². The molecule has 114 valence electrons. The van der Waals surface area contributed by atoms with Gasteiger partial charge in [0.05, 0.1) is 18.2 Å². The van der Waals surface area contributed by atoms with Gasteiger partial charge in [-0.05, 0) is 24.6 Å². The van der Waals surface area contributed by atoms with Crippen molar-refractivity contribution in [2.75, 3.05) is 20.3 Å². The highest BCUT2D eigenvalue weighted by Crippen LogP contribution is 2.21.